The van der Waals surface area contributed by atoms with Crippen molar-refractivity contribution in [2.75, 3.05) is 31.1 Å². The number of hydrogen-bond acceptors (Lipinski definition) is 4. The first-order valence-corrected chi connectivity index (χ1v) is 11.1. The Hall–Kier alpha value is -1.91. The average Bonchev–Trinajstić information content (AvgIpc) is 2.67. The fraction of sp³-hybridized carbons (Fsp3) is 0.696. The van der Waals surface area contributed by atoms with Crippen LogP contribution < -0.4 is 4.90 Å². The molecule has 3 rings (SSSR count). The van der Waals surface area contributed by atoms with Crippen molar-refractivity contribution < 1.29 is 9.59 Å². The predicted octanol–water partition coefficient (Wildman–Crippen LogP) is 4.32. The van der Waals surface area contributed by atoms with Gasteiger partial charge in [0, 0.05) is 44.7 Å². The molecular formula is C23H35N3O2. The van der Waals surface area contributed by atoms with E-state index < -0.39 is 0 Å². The van der Waals surface area contributed by atoms with E-state index in [4.69, 9.17) is 0 Å². The lowest BCUT2D eigenvalue weighted by Gasteiger charge is -2.32. The number of carbonyl (C=O) groups excluding carboxylic acids is 2. The van der Waals surface area contributed by atoms with E-state index in [-0.39, 0.29) is 11.8 Å². The minimum atomic E-state index is -0.00614. The van der Waals surface area contributed by atoms with Gasteiger partial charge in [0.1, 0.15) is 11.6 Å². The molecule has 2 aliphatic heterocycles. The van der Waals surface area contributed by atoms with Crippen LogP contribution in [0.3, 0.4) is 0 Å². The van der Waals surface area contributed by atoms with Crippen molar-refractivity contribution in [1.82, 2.24) is 9.88 Å². The number of amides is 1. The van der Waals surface area contributed by atoms with Crippen molar-refractivity contribution in [1.29, 1.82) is 0 Å². The van der Waals surface area contributed by atoms with Gasteiger partial charge < -0.3 is 9.80 Å². The van der Waals surface area contributed by atoms with Gasteiger partial charge in [0.2, 0.25) is 0 Å². The Kier molecular flexibility index (Phi) is 7.46. The molecule has 0 aliphatic carbocycles. The third-order valence-corrected chi connectivity index (χ3v) is 5.95. The number of anilines is 1. The number of pyridine rings is 1. The van der Waals surface area contributed by atoms with E-state index in [1.165, 1.54) is 32.1 Å². The summed E-state index contributed by atoms with van der Waals surface area (Å²) in [5.74, 6) is 1.65. The summed E-state index contributed by atoms with van der Waals surface area (Å²) < 4.78 is 0. The van der Waals surface area contributed by atoms with Gasteiger partial charge in [-0.3, -0.25) is 9.59 Å². The maximum Gasteiger partial charge on any atom is 0.255 e. The Labute approximate surface area is 169 Å². The Bertz CT molecular complexity index is 648. The molecule has 2 saturated heterocycles. The van der Waals surface area contributed by atoms with Crippen molar-refractivity contribution >= 4 is 17.5 Å². The van der Waals surface area contributed by atoms with Crippen LogP contribution in [0.25, 0.3) is 0 Å². The third kappa shape index (κ3) is 5.55. The highest BCUT2D eigenvalue weighted by Gasteiger charge is 2.29. The summed E-state index contributed by atoms with van der Waals surface area (Å²) in [6.45, 7) is 7.53. The number of ketones is 1. The molecule has 3 heterocycles. The van der Waals surface area contributed by atoms with Crippen molar-refractivity contribution in [3.63, 3.8) is 0 Å². The van der Waals surface area contributed by atoms with Crippen LogP contribution in [0.2, 0.25) is 0 Å². The van der Waals surface area contributed by atoms with Crippen LogP contribution in [-0.4, -0.2) is 47.8 Å². The second-order valence-electron chi connectivity index (χ2n) is 8.81. The van der Waals surface area contributed by atoms with Crippen molar-refractivity contribution in [2.24, 2.45) is 11.8 Å². The average molecular weight is 386 g/mol. The molecule has 0 aromatic carbocycles. The lowest BCUT2D eigenvalue weighted by atomic mass is 9.89. The van der Waals surface area contributed by atoms with E-state index in [0.717, 1.165) is 38.3 Å². The van der Waals surface area contributed by atoms with Crippen LogP contribution in [0, 0.1) is 11.8 Å². The molecule has 0 N–H and O–H groups in total. The molecule has 1 atom stereocenters. The van der Waals surface area contributed by atoms with Crippen LogP contribution >= 0.6 is 0 Å². The van der Waals surface area contributed by atoms with Crippen LogP contribution in [0.15, 0.2) is 18.3 Å². The van der Waals surface area contributed by atoms with Gasteiger partial charge in [-0.2, -0.15) is 0 Å². The number of rotatable bonds is 5. The number of carbonyl (C=O) groups is 2. The van der Waals surface area contributed by atoms with Crippen LogP contribution in [-0.2, 0) is 4.79 Å². The molecular weight excluding hydrogens is 350 g/mol. The summed E-state index contributed by atoms with van der Waals surface area (Å²) in [6, 6.07) is 3.89. The Morgan fingerprint density at radius 3 is 2.39 bits per heavy atom. The molecule has 5 heteroatoms. The maximum absolute atomic E-state index is 12.9. The van der Waals surface area contributed by atoms with Gasteiger partial charge in [-0.1, -0.05) is 33.1 Å². The topological polar surface area (TPSA) is 53.5 Å². The van der Waals surface area contributed by atoms with Crippen molar-refractivity contribution in [3.8, 4) is 0 Å². The van der Waals surface area contributed by atoms with E-state index in [2.05, 4.69) is 23.7 Å². The van der Waals surface area contributed by atoms with E-state index in [9.17, 15) is 9.59 Å². The molecule has 0 bridgehead atoms. The van der Waals surface area contributed by atoms with Gasteiger partial charge in [-0.05, 0) is 43.7 Å². The van der Waals surface area contributed by atoms with E-state index in [1.807, 2.05) is 17.0 Å². The number of nitrogens with zero attached hydrogens (tertiary/aromatic N) is 3. The zero-order valence-electron chi connectivity index (χ0n) is 17.5. The van der Waals surface area contributed by atoms with Crippen LogP contribution in [0.5, 0.6) is 0 Å². The summed E-state index contributed by atoms with van der Waals surface area (Å²) in [5, 5.41) is 0. The quantitative estimate of drug-likeness (QED) is 0.757. The smallest absolute Gasteiger partial charge is 0.255 e. The molecule has 2 aliphatic rings. The molecule has 5 nitrogen and oxygen atoms in total. The Morgan fingerprint density at radius 1 is 1.04 bits per heavy atom. The second-order valence-corrected chi connectivity index (χ2v) is 8.81. The van der Waals surface area contributed by atoms with E-state index in [1.54, 1.807) is 6.20 Å². The number of aromatic nitrogens is 1. The molecule has 1 aromatic rings. The second kappa shape index (κ2) is 10.0. The highest BCUT2D eigenvalue weighted by atomic mass is 16.2. The van der Waals surface area contributed by atoms with Gasteiger partial charge in [0.05, 0.1) is 5.56 Å². The summed E-state index contributed by atoms with van der Waals surface area (Å²) in [5.41, 5.74) is 0.632. The molecule has 0 radical (unpaired) electrons. The number of hydrogen-bond donors (Lipinski definition) is 0. The number of Topliss-reactive ketones (excluding diaryl/α,β-unsaturated/α-hetero) is 1. The van der Waals surface area contributed by atoms with Gasteiger partial charge >= 0.3 is 0 Å². The fourth-order valence-corrected chi connectivity index (χ4v) is 4.35. The molecule has 0 unspecified atom stereocenters. The molecule has 0 spiro atoms. The fourth-order valence-electron chi connectivity index (χ4n) is 4.35. The van der Waals surface area contributed by atoms with E-state index in [0.29, 0.717) is 30.2 Å². The van der Waals surface area contributed by atoms with Crippen LogP contribution in [0.4, 0.5) is 5.82 Å². The first kappa shape index (κ1) is 20.8. The lowest BCUT2D eigenvalue weighted by molar-refractivity contribution is -0.124. The van der Waals surface area contributed by atoms with Gasteiger partial charge in [0.25, 0.3) is 5.91 Å². The molecule has 2 fully saturated rings. The third-order valence-electron chi connectivity index (χ3n) is 5.95. The monoisotopic (exact) mass is 385 g/mol. The zero-order chi connectivity index (χ0) is 19.9. The molecule has 1 aromatic heterocycles. The van der Waals surface area contributed by atoms with Gasteiger partial charge in [-0.15, -0.1) is 0 Å². The molecule has 0 saturated carbocycles. The first-order valence-electron chi connectivity index (χ1n) is 11.1. The summed E-state index contributed by atoms with van der Waals surface area (Å²) in [6.07, 6.45) is 10.5. The Balaban J connectivity index is 1.61. The Morgan fingerprint density at radius 2 is 1.75 bits per heavy atom. The predicted molar refractivity (Wildman–Crippen MR) is 113 cm³/mol. The summed E-state index contributed by atoms with van der Waals surface area (Å²) >= 11 is 0. The first-order chi connectivity index (χ1) is 13.5. The maximum atomic E-state index is 12.9. The molecule has 1 amide bonds. The van der Waals surface area contributed by atoms with Gasteiger partial charge in [0.15, 0.2) is 0 Å². The van der Waals surface area contributed by atoms with Crippen molar-refractivity contribution in [2.45, 2.75) is 65.2 Å². The minimum absolute atomic E-state index is 0.00614. The number of likely N-dealkylation sites (tertiary alicyclic amines) is 1. The molecule has 154 valence electrons. The van der Waals surface area contributed by atoms with Crippen LogP contribution in [0.1, 0.15) is 75.6 Å². The minimum Gasteiger partial charge on any atom is -0.357 e. The van der Waals surface area contributed by atoms with E-state index >= 15 is 0 Å². The highest BCUT2D eigenvalue weighted by molar-refractivity contribution is 5.94. The standard InChI is InChI=1S/C23H35N3O2/c1-18(2)15-21(27)20-9-8-14-26(17-20)23(28)19-10-11-22(24-16-19)25-12-6-4-3-5-7-13-25/h10-11,16,18,20H,3-9,12-15,17H2,1-2H3/t20-/m0/s1. The largest absolute Gasteiger partial charge is 0.357 e. The summed E-state index contributed by atoms with van der Waals surface area (Å²) in [4.78, 5) is 34.2. The SMILES string of the molecule is CC(C)CC(=O)[C@H]1CCCN(C(=O)c2ccc(N3CCCCCCC3)nc2)C1. The number of piperidine rings is 1. The molecule has 28 heavy (non-hydrogen) atoms. The van der Waals surface area contributed by atoms with Crippen molar-refractivity contribution in [3.05, 3.63) is 23.9 Å². The lowest BCUT2D eigenvalue weighted by Crippen LogP contribution is -2.42. The van der Waals surface area contributed by atoms with Gasteiger partial charge in [-0.25, -0.2) is 4.98 Å². The summed E-state index contributed by atoms with van der Waals surface area (Å²) in [7, 11) is 0. The normalized spacial score (nSPS) is 21.3. The zero-order valence-corrected chi connectivity index (χ0v) is 17.5. The highest BCUT2D eigenvalue weighted by Crippen LogP contribution is 2.23.